The number of rotatable bonds is 5. The lowest BCUT2D eigenvalue weighted by Gasteiger charge is -2.13. The molecule has 0 aliphatic heterocycles. The van der Waals surface area contributed by atoms with Crippen molar-refractivity contribution in [2.45, 2.75) is 19.8 Å². The van der Waals surface area contributed by atoms with E-state index < -0.39 is 11.7 Å². The Morgan fingerprint density at radius 1 is 1.24 bits per heavy atom. The van der Waals surface area contributed by atoms with Crippen molar-refractivity contribution < 1.29 is 9.90 Å². The first-order valence-electron chi connectivity index (χ1n) is 8.93. The highest BCUT2D eigenvalue weighted by Crippen LogP contribution is 2.24. The number of halogens is 1. The van der Waals surface area contributed by atoms with Crippen LogP contribution in [0.3, 0.4) is 0 Å². The molecule has 3 N–H and O–H groups in total. The fourth-order valence-electron chi connectivity index (χ4n) is 3.01. The largest absolute Gasteiger partial charge is 0.478 e. The molecule has 3 rings (SSSR count). The molecule has 0 saturated carbocycles. The lowest BCUT2D eigenvalue weighted by Crippen LogP contribution is -2.22. The predicted molar refractivity (Wildman–Crippen MR) is 115 cm³/mol. The number of nitrogens with zero attached hydrogens (tertiary/aromatic N) is 2. The molecule has 2 aromatic carbocycles. The number of hydrogen-bond acceptors (Lipinski definition) is 4. The van der Waals surface area contributed by atoms with Gasteiger partial charge in [0.2, 0.25) is 0 Å². The summed E-state index contributed by atoms with van der Waals surface area (Å²) in [6.07, 6.45) is 5.53. The van der Waals surface area contributed by atoms with Crippen LogP contribution in [0, 0.1) is 6.92 Å². The monoisotopic (exact) mass is 409 g/mol. The number of aryl methyl sites for hydroxylation is 1. The highest BCUT2D eigenvalue weighted by molar-refractivity contribution is 6.33. The summed E-state index contributed by atoms with van der Waals surface area (Å²) in [4.78, 5) is 26.9. The number of aromatic carboxylic acids is 1. The number of anilines is 1. The van der Waals surface area contributed by atoms with E-state index in [9.17, 15) is 9.59 Å². The molecule has 0 spiro atoms. The molecule has 6 nitrogen and oxygen atoms in total. The Hall–Kier alpha value is -3.38. The van der Waals surface area contributed by atoms with Gasteiger partial charge < -0.3 is 10.8 Å². The zero-order valence-corrected chi connectivity index (χ0v) is 16.7. The molecule has 0 amide bonds. The van der Waals surface area contributed by atoms with Crippen molar-refractivity contribution in [2.24, 2.45) is 0 Å². The maximum atomic E-state index is 12.1. The van der Waals surface area contributed by atoms with Crippen LogP contribution in [0.4, 0.5) is 5.82 Å². The Bertz CT molecular complexity index is 1170. The van der Waals surface area contributed by atoms with Crippen LogP contribution in [0.2, 0.25) is 5.02 Å². The van der Waals surface area contributed by atoms with Gasteiger partial charge >= 0.3 is 11.7 Å². The predicted octanol–water partition coefficient (Wildman–Crippen LogP) is 4.29. The first-order valence-corrected chi connectivity index (χ1v) is 9.31. The van der Waals surface area contributed by atoms with Crippen LogP contribution in [0.15, 0.2) is 59.5 Å². The number of allylic oxidation sites excluding steroid dienone is 1. The van der Waals surface area contributed by atoms with E-state index >= 15 is 0 Å². The minimum atomic E-state index is -1.05. The number of carboxylic acids is 1. The van der Waals surface area contributed by atoms with Gasteiger partial charge in [0.25, 0.3) is 0 Å². The van der Waals surface area contributed by atoms with E-state index in [0.717, 1.165) is 22.4 Å². The molecule has 1 aromatic heterocycles. The lowest BCUT2D eigenvalue weighted by molar-refractivity contribution is 0.0697. The minimum absolute atomic E-state index is 0.0791. The Morgan fingerprint density at radius 2 is 2.00 bits per heavy atom. The molecule has 7 heteroatoms. The maximum absolute atomic E-state index is 12.1. The molecular formula is C22H20ClN3O3. The van der Waals surface area contributed by atoms with Crippen molar-refractivity contribution in [1.82, 2.24) is 9.55 Å². The van der Waals surface area contributed by atoms with Gasteiger partial charge in [-0.1, -0.05) is 48.9 Å². The maximum Gasteiger partial charge on any atom is 0.354 e. The molecule has 29 heavy (non-hydrogen) atoms. The molecule has 0 aliphatic carbocycles. The quantitative estimate of drug-likeness (QED) is 0.654. The standard InChI is InChI=1S/C22H20ClN3O3/c1-13(3-4-15-5-7-17(21(27)28)18(23)12-15)16-6-8-19(14(2)11-16)26-10-9-20(24)25-22(26)29/h3-13H,1-2H3,(H,27,28)(H2,24,25,29)/b4-3+. The first kappa shape index (κ1) is 20.4. The van der Waals surface area contributed by atoms with Crippen LogP contribution in [-0.2, 0) is 0 Å². The second-order valence-corrected chi connectivity index (χ2v) is 7.15. The smallest absolute Gasteiger partial charge is 0.354 e. The Kier molecular flexibility index (Phi) is 5.84. The second kappa shape index (κ2) is 8.32. The fourth-order valence-corrected chi connectivity index (χ4v) is 3.28. The molecular weight excluding hydrogens is 390 g/mol. The van der Waals surface area contributed by atoms with Gasteiger partial charge in [0.05, 0.1) is 16.3 Å². The third-order valence-electron chi connectivity index (χ3n) is 4.63. The summed E-state index contributed by atoms with van der Waals surface area (Å²) in [6, 6.07) is 12.3. The van der Waals surface area contributed by atoms with Gasteiger partial charge in [0.15, 0.2) is 0 Å². The first-order chi connectivity index (χ1) is 13.8. The Balaban J connectivity index is 1.83. The number of hydrogen-bond donors (Lipinski definition) is 2. The van der Waals surface area contributed by atoms with Crippen molar-refractivity contribution in [2.75, 3.05) is 5.73 Å². The number of aromatic nitrogens is 2. The van der Waals surface area contributed by atoms with Crippen LogP contribution in [-0.4, -0.2) is 20.6 Å². The van der Waals surface area contributed by atoms with Gasteiger partial charge in [-0.15, -0.1) is 0 Å². The summed E-state index contributed by atoms with van der Waals surface area (Å²) in [7, 11) is 0. The topological polar surface area (TPSA) is 98.2 Å². The Labute approximate surface area is 172 Å². The molecule has 1 unspecified atom stereocenters. The van der Waals surface area contributed by atoms with Gasteiger partial charge in [-0.2, -0.15) is 4.98 Å². The van der Waals surface area contributed by atoms with Crippen LogP contribution in [0.5, 0.6) is 0 Å². The molecule has 0 fully saturated rings. The summed E-state index contributed by atoms with van der Waals surface area (Å²) >= 11 is 6.02. The van der Waals surface area contributed by atoms with Crippen molar-refractivity contribution >= 4 is 29.5 Å². The molecule has 0 radical (unpaired) electrons. The second-order valence-electron chi connectivity index (χ2n) is 6.74. The summed E-state index contributed by atoms with van der Waals surface area (Å²) in [5.74, 6) is -0.761. The number of carbonyl (C=O) groups is 1. The zero-order valence-electron chi connectivity index (χ0n) is 16.0. The van der Waals surface area contributed by atoms with Crippen LogP contribution < -0.4 is 11.4 Å². The van der Waals surface area contributed by atoms with E-state index in [1.165, 1.54) is 10.6 Å². The van der Waals surface area contributed by atoms with E-state index in [0.29, 0.717) is 0 Å². The van der Waals surface area contributed by atoms with Crippen LogP contribution in [0.1, 0.15) is 39.9 Å². The summed E-state index contributed by atoms with van der Waals surface area (Å²) in [5, 5.41) is 9.25. The summed E-state index contributed by atoms with van der Waals surface area (Å²) in [5.41, 5.74) is 8.79. The molecule has 1 heterocycles. The Morgan fingerprint density at radius 3 is 2.62 bits per heavy atom. The van der Waals surface area contributed by atoms with Gasteiger partial charge in [0.1, 0.15) is 5.82 Å². The van der Waals surface area contributed by atoms with Crippen LogP contribution in [0.25, 0.3) is 11.8 Å². The van der Waals surface area contributed by atoms with Gasteiger partial charge in [-0.05, 0) is 53.8 Å². The molecule has 3 aromatic rings. The zero-order chi connectivity index (χ0) is 21.1. The molecule has 148 valence electrons. The van der Waals surface area contributed by atoms with E-state index in [2.05, 4.69) is 11.9 Å². The van der Waals surface area contributed by atoms with Crippen molar-refractivity contribution in [3.63, 3.8) is 0 Å². The summed E-state index contributed by atoms with van der Waals surface area (Å²) < 4.78 is 1.46. The van der Waals surface area contributed by atoms with Gasteiger partial charge in [-0.25, -0.2) is 9.59 Å². The van der Waals surface area contributed by atoms with E-state index in [4.69, 9.17) is 22.4 Å². The molecule has 0 bridgehead atoms. The number of carboxylic acid groups (broad SMARTS) is 1. The van der Waals surface area contributed by atoms with E-state index in [1.54, 1.807) is 24.4 Å². The average molecular weight is 410 g/mol. The van der Waals surface area contributed by atoms with Crippen molar-refractivity contribution in [3.8, 4) is 5.69 Å². The third kappa shape index (κ3) is 4.55. The van der Waals surface area contributed by atoms with Crippen molar-refractivity contribution in [3.05, 3.63) is 92.5 Å². The molecule has 0 saturated heterocycles. The highest BCUT2D eigenvalue weighted by Gasteiger charge is 2.10. The molecule has 1 atom stereocenters. The van der Waals surface area contributed by atoms with Gasteiger partial charge in [0, 0.05) is 6.20 Å². The molecule has 0 aliphatic rings. The minimum Gasteiger partial charge on any atom is -0.478 e. The normalized spacial score (nSPS) is 12.2. The van der Waals surface area contributed by atoms with E-state index in [-0.39, 0.29) is 22.3 Å². The highest BCUT2D eigenvalue weighted by atomic mass is 35.5. The third-order valence-corrected chi connectivity index (χ3v) is 4.94. The number of benzene rings is 2. The van der Waals surface area contributed by atoms with E-state index in [1.807, 2.05) is 37.3 Å². The number of nitrogen functional groups attached to an aromatic ring is 1. The van der Waals surface area contributed by atoms with Gasteiger partial charge in [-0.3, -0.25) is 4.57 Å². The lowest BCUT2D eigenvalue weighted by atomic mass is 9.97. The fraction of sp³-hybridized carbons (Fsp3) is 0.136. The summed E-state index contributed by atoms with van der Waals surface area (Å²) in [6.45, 7) is 3.98. The van der Waals surface area contributed by atoms with Crippen LogP contribution >= 0.6 is 11.6 Å². The SMILES string of the molecule is Cc1cc(C(C)/C=C/c2ccc(C(=O)O)c(Cl)c2)ccc1-n1ccc(N)nc1=O. The number of nitrogens with two attached hydrogens (primary N) is 1. The van der Waals surface area contributed by atoms with Crippen molar-refractivity contribution in [1.29, 1.82) is 0 Å². The average Bonchev–Trinajstić information content (AvgIpc) is 2.66.